The van der Waals surface area contributed by atoms with Crippen LogP contribution in [0, 0.1) is 5.92 Å². The van der Waals surface area contributed by atoms with Crippen molar-refractivity contribution in [1.29, 1.82) is 0 Å². The van der Waals surface area contributed by atoms with Gasteiger partial charge in [0.1, 0.15) is 0 Å². The van der Waals surface area contributed by atoms with Gasteiger partial charge in [-0.05, 0) is 33.6 Å². The Kier molecular flexibility index (Phi) is 4.86. The molecule has 106 valence electrons. The number of hydrogen-bond donors (Lipinski definition) is 1. The average molecular weight is 267 g/mol. The van der Waals surface area contributed by atoms with Gasteiger partial charge in [-0.25, -0.2) is 0 Å². The lowest BCUT2D eigenvalue weighted by Crippen LogP contribution is -2.39. The quantitative estimate of drug-likeness (QED) is 0.747. The molecule has 1 heterocycles. The zero-order chi connectivity index (χ0) is 14.7. The first-order valence-corrected chi connectivity index (χ1v) is 6.55. The summed E-state index contributed by atoms with van der Waals surface area (Å²) in [4.78, 5) is 35.8. The summed E-state index contributed by atoms with van der Waals surface area (Å²) in [6.45, 7) is 6.81. The fraction of sp³-hybridized carbons (Fsp3) is 0.643. The van der Waals surface area contributed by atoms with Crippen LogP contribution in [0.4, 0.5) is 0 Å². The highest BCUT2D eigenvalue weighted by Gasteiger charge is 2.36. The van der Waals surface area contributed by atoms with Crippen LogP contribution >= 0.6 is 0 Å². The zero-order valence-electron chi connectivity index (χ0n) is 11.9. The molecule has 0 aromatic carbocycles. The van der Waals surface area contributed by atoms with Crippen molar-refractivity contribution in [3.05, 3.63) is 11.1 Å². The van der Waals surface area contributed by atoms with Crippen LogP contribution < -0.4 is 0 Å². The summed E-state index contributed by atoms with van der Waals surface area (Å²) < 4.78 is 0. The van der Waals surface area contributed by atoms with E-state index < -0.39 is 11.9 Å². The van der Waals surface area contributed by atoms with E-state index in [1.165, 1.54) is 4.90 Å². The molecule has 0 bridgehead atoms. The second-order valence-corrected chi connectivity index (χ2v) is 5.25. The molecular formula is C14H21NO4. The van der Waals surface area contributed by atoms with Crippen molar-refractivity contribution in [3.8, 4) is 0 Å². The van der Waals surface area contributed by atoms with Crippen LogP contribution in [0.1, 0.15) is 47.0 Å². The number of carboxylic acid groups (broad SMARTS) is 1. The van der Waals surface area contributed by atoms with Crippen molar-refractivity contribution >= 4 is 17.8 Å². The maximum Gasteiger partial charge on any atom is 0.306 e. The van der Waals surface area contributed by atoms with Gasteiger partial charge < -0.3 is 5.11 Å². The third-order valence-electron chi connectivity index (χ3n) is 3.76. The molecule has 5 heteroatoms. The highest BCUT2D eigenvalue weighted by molar-refractivity contribution is 6.18. The maximum atomic E-state index is 11.9. The van der Waals surface area contributed by atoms with Crippen molar-refractivity contribution in [2.75, 3.05) is 0 Å². The fourth-order valence-corrected chi connectivity index (χ4v) is 2.15. The Morgan fingerprint density at radius 2 is 1.58 bits per heavy atom. The van der Waals surface area contributed by atoms with Crippen LogP contribution in [0.2, 0.25) is 0 Å². The molecule has 2 atom stereocenters. The standard InChI is InChI=1S/C14H21NO4/c1-8(14(18)19)6-5-7-9(2)15-12(16)10(3)11(4)13(15)17/h8-9H,5-7H2,1-4H3,(H,18,19). The Hall–Kier alpha value is -1.65. The van der Waals surface area contributed by atoms with E-state index in [-0.39, 0.29) is 17.9 Å². The second kappa shape index (κ2) is 5.99. The molecule has 1 N–H and O–H groups in total. The van der Waals surface area contributed by atoms with Crippen molar-refractivity contribution < 1.29 is 19.5 Å². The van der Waals surface area contributed by atoms with E-state index in [4.69, 9.17) is 5.11 Å². The molecule has 0 spiro atoms. The maximum absolute atomic E-state index is 11.9. The normalized spacial score (nSPS) is 19.1. The Labute approximate surface area is 113 Å². The first kappa shape index (κ1) is 15.4. The molecule has 0 saturated heterocycles. The molecule has 1 aliphatic heterocycles. The highest BCUT2D eigenvalue weighted by atomic mass is 16.4. The minimum Gasteiger partial charge on any atom is -0.481 e. The minimum atomic E-state index is -0.811. The number of carboxylic acids is 1. The van der Waals surface area contributed by atoms with Gasteiger partial charge in [-0.15, -0.1) is 0 Å². The predicted molar refractivity (Wildman–Crippen MR) is 70.3 cm³/mol. The first-order valence-electron chi connectivity index (χ1n) is 6.55. The number of rotatable bonds is 6. The second-order valence-electron chi connectivity index (χ2n) is 5.25. The van der Waals surface area contributed by atoms with Crippen LogP contribution in [0.15, 0.2) is 11.1 Å². The van der Waals surface area contributed by atoms with Crippen LogP contribution in [0.25, 0.3) is 0 Å². The van der Waals surface area contributed by atoms with E-state index in [2.05, 4.69) is 0 Å². The number of carbonyl (C=O) groups is 3. The molecule has 0 saturated carbocycles. The highest BCUT2D eigenvalue weighted by Crippen LogP contribution is 2.24. The van der Waals surface area contributed by atoms with Crippen molar-refractivity contribution in [1.82, 2.24) is 4.90 Å². The predicted octanol–water partition coefficient (Wildman–Crippen LogP) is 1.97. The van der Waals surface area contributed by atoms with E-state index in [1.807, 2.05) is 6.92 Å². The number of carbonyl (C=O) groups excluding carboxylic acids is 2. The lowest BCUT2D eigenvalue weighted by molar-refractivity contribution is -0.142. The summed E-state index contributed by atoms with van der Waals surface area (Å²) in [5.41, 5.74) is 1.02. The van der Waals surface area contributed by atoms with Gasteiger partial charge in [0, 0.05) is 17.2 Å². The number of aliphatic carboxylic acids is 1. The Morgan fingerprint density at radius 1 is 1.11 bits per heavy atom. The summed E-state index contributed by atoms with van der Waals surface area (Å²) in [5.74, 6) is -1.64. The molecule has 1 rings (SSSR count). The van der Waals surface area contributed by atoms with E-state index in [0.717, 1.165) is 0 Å². The van der Waals surface area contributed by atoms with Crippen molar-refractivity contribution in [2.24, 2.45) is 5.92 Å². The minimum absolute atomic E-state index is 0.187. The molecule has 0 aromatic heterocycles. The molecule has 2 amide bonds. The molecule has 0 fully saturated rings. The largest absolute Gasteiger partial charge is 0.481 e. The number of imide groups is 1. The van der Waals surface area contributed by atoms with Gasteiger partial charge in [-0.3, -0.25) is 19.3 Å². The van der Waals surface area contributed by atoms with E-state index >= 15 is 0 Å². The number of hydrogen-bond acceptors (Lipinski definition) is 3. The molecule has 0 radical (unpaired) electrons. The molecule has 0 aliphatic carbocycles. The topological polar surface area (TPSA) is 74.7 Å². The third kappa shape index (κ3) is 3.22. The van der Waals surface area contributed by atoms with Gasteiger partial charge in [-0.2, -0.15) is 0 Å². The molecule has 1 aliphatic rings. The summed E-state index contributed by atoms with van der Waals surface area (Å²) in [5, 5.41) is 8.79. The first-order chi connectivity index (χ1) is 8.77. The van der Waals surface area contributed by atoms with Gasteiger partial charge in [0.2, 0.25) is 0 Å². The van der Waals surface area contributed by atoms with Crippen molar-refractivity contribution in [3.63, 3.8) is 0 Å². The van der Waals surface area contributed by atoms with Gasteiger partial charge in [-0.1, -0.05) is 13.3 Å². The van der Waals surface area contributed by atoms with Gasteiger partial charge in [0.15, 0.2) is 0 Å². The van der Waals surface area contributed by atoms with E-state index in [0.29, 0.717) is 30.4 Å². The summed E-state index contributed by atoms with van der Waals surface area (Å²) in [7, 11) is 0. The fourth-order valence-electron chi connectivity index (χ4n) is 2.15. The summed E-state index contributed by atoms with van der Waals surface area (Å²) in [6, 6.07) is -0.187. The van der Waals surface area contributed by atoms with Crippen LogP contribution in [-0.2, 0) is 14.4 Å². The van der Waals surface area contributed by atoms with Crippen LogP contribution in [0.5, 0.6) is 0 Å². The number of nitrogens with zero attached hydrogens (tertiary/aromatic N) is 1. The Bertz CT molecular complexity index is 415. The van der Waals surface area contributed by atoms with Gasteiger partial charge >= 0.3 is 5.97 Å². The molecule has 2 unspecified atom stereocenters. The molecular weight excluding hydrogens is 246 g/mol. The Morgan fingerprint density at radius 3 is 2.00 bits per heavy atom. The van der Waals surface area contributed by atoms with E-state index in [1.54, 1.807) is 20.8 Å². The lowest BCUT2D eigenvalue weighted by Gasteiger charge is -2.23. The number of amides is 2. The van der Waals surface area contributed by atoms with E-state index in [9.17, 15) is 14.4 Å². The van der Waals surface area contributed by atoms with Crippen LogP contribution in [-0.4, -0.2) is 33.8 Å². The lowest BCUT2D eigenvalue weighted by atomic mass is 10.0. The average Bonchev–Trinajstić information content (AvgIpc) is 2.53. The van der Waals surface area contributed by atoms with Gasteiger partial charge in [0.05, 0.1) is 5.92 Å². The van der Waals surface area contributed by atoms with Crippen molar-refractivity contribution in [2.45, 2.75) is 53.0 Å². The monoisotopic (exact) mass is 267 g/mol. The molecule has 0 aromatic rings. The van der Waals surface area contributed by atoms with Crippen LogP contribution in [0.3, 0.4) is 0 Å². The molecule has 5 nitrogen and oxygen atoms in total. The summed E-state index contributed by atoms with van der Waals surface area (Å²) in [6.07, 6.45) is 1.88. The summed E-state index contributed by atoms with van der Waals surface area (Å²) >= 11 is 0. The smallest absolute Gasteiger partial charge is 0.306 e. The van der Waals surface area contributed by atoms with Gasteiger partial charge in [0.25, 0.3) is 11.8 Å². The molecule has 19 heavy (non-hydrogen) atoms. The Balaban J connectivity index is 2.52. The SMILES string of the molecule is CC1=C(C)C(=O)N(C(C)CCCC(C)C(=O)O)C1=O. The third-order valence-corrected chi connectivity index (χ3v) is 3.76. The zero-order valence-corrected chi connectivity index (χ0v) is 11.9.